The summed E-state index contributed by atoms with van der Waals surface area (Å²) in [6, 6.07) is 5.15. The third kappa shape index (κ3) is 3.86. The van der Waals surface area contributed by atoms with Gasteiger partial charge in [0.05, 0.1) is 8.66 Å². The van der Waals surface area contributed by atoms with Crippen molar-refractivity contribution in [2.24, 2.45) is 0 Å². The summed E-state index contributed by atoms with van der Waals surface area (Å²) in [5.41, 5.74) is 1.53. The molecule has 2 rings (SSSR count). The molecule has 0 bridgehead atoms. The minimum Gasteiger partial charge on any atom is -0.351 e. The quantitative estimate of drug-likeness (QED) is 0.875. The van der Waals surface area contributed by atoms with E-state index in [2.05, 4.69) is 21.2 Å². The second-order valence-electron chi connectivity index (χ2n) is 4.35. The van der Waals surface area contributed by atoms with E-state index in [9.17, 15) is 13.6 Å². The summed E-state index contributed by atoms with van der Waals surface area (Å²) >= 11 is 4.72. The predicted octanol–water partition coefficient (Wildman–Crippen LogP) is 4.07. The Morgan fingerprint density at radius 1 is 1.25 bits per heavy atom. The zero-order valence-electron chi connectivity index (χ0n) is 10.7. The first-order valence-corrected chi connectivity index (χ1v) is 7.56. The first kappa shape index (κ1) is 15.1. The second-order valence-corrected chi connectivity index (χ2v) is 6.72. The molecule has 2 aromatic rings. The van der Waals surface area contributed by atoms with Gasteiger partial charge in [-0.05, 0) is 58.6 Å². The molecule has 1 N–H and O–H groups in total. The minimum absolute atomic E-state index is 0.180. The summed E-state index contributed by atoms with van der Waals surface area (Å²) in [7, 11) is 0. The Bertz CT molecular complexity index is 602. The topological polar surface area (TPSA) is 29.1 Å². The molecule has 1 aromatic heterocycles. The molecule has 0 radical (unpaired) electrons. The van der Waals surface area contributed by atoms with Crippen LogP contribution in [0.3, 0.4) is 0 Å². The Balaban J connectivity index is 1.91. The highest BCUT2D eigenvalue weighted by atomic mass is 79.9. The summed E-state index contributed by atoms with van der Waals surface area (Å²) in [5, 5.41) is 2.73. The zero-order chi connectivity index (χ0) is 14.7. The van der Waals surface area contributed by atoms with Gasteiger partial charge in [-0.25, -0.2) is 8.78 Å². The molecule has 106 valence electrons. The van der Waals surface area contributed by atoms with Crippen LogP contribution in [0.15, 0.2) is 28.1 Å². The van der Waals surface area contributed by atoms with Crippen LogP contribution in [0.4, 0.5) is 8.78 Å². The lowest BCUT2D eigenvalue weighted by Gasteiger charge is -2.04. The third-order valence-corrected chi connectivity index (χ3v) is 4.84. The zero-order valence-corrected chi connectivity index (χ0v) is 13.1. The van der Waals surface area contributed by atoms with Crippen molar-refractivity contribution in [1.29, 1.82) is 0 Å². The molecule has 1 aromatic carbocycles. The van der Waals surface area contributed by atoms with E-state index in [0.29, 0.717) is 23.4 Å². The van der Waals surface area contributed by atoms with Crippen LogP contribution in [-0.2, 0) is 6.42 Å². The molecule has 0 saturated heterocycles. The van der Waals surface area contributed by atoms with E-state index in [1.54, 1.807) is 6.07 Å². The van der Waals surface area contributed by atoms with Crippen molar-refractivity contribution in [3.05, 3.63) is 55.7 Å². The number of hydrogen-bond acceptors (Lipinski definition) is 2. The minimum atomic E-state index is -0.607. The molecule has 6 heteroatoms. The summed E-state index contributed by atoms with van der Waals surface area (Å²) in [5.74, 6) is -1.39. The standard InChI is InChI=1S/C14H12BrF2NOS/c1-8-4-12(20-13(8)15)14(19)18-3-2-9-5-10(16)7-11(17)6-9/h4-7H,2-3H2,1H3,(H,18,19). The van der Waals surface area contributed by atoms with E-state index in [0.717, 1.165) is 15.4 Å². The van der Waals surface area contributed by atoms with Gasteiger partial charge in [0.2, 0.25) is 0 Å². The van der Waals surface area contributed by atoms with Gasteiger partial charge in [0, 0.05) is 12.6 Å². The van der Waals surface area contributed by atoms with Crippen molar-refractivity contribution in [1.82, 2.24) is 5.32 Å². The number of hydrogen-bond donors (Lipinski definition) is 1. The highest BCUT2D eigenvalue weighted by molar-refractivity contribution is 9.11. The number of nitrogens with one attached hydrogen (secondary N) is 1. The van der Waals surface area contributed by atoms with Crippen LogP contribution in [0, 0.1) is 18.6 Å². The van der Waals surface area contributed by atoms with Crippen molar-refractivity contribution in [2.75, 3.05) is 6.54 Å². The van der Waals surface area contributed by atoms with Crippen molar-refractivity contribution < 1.29 is 13.6 Å². The molecule has 1 amide bonds. The monoisotopic (exact) mass is 359 g/mol. The SMILES string of the molecule is Cc1cc(C(=O)NCCc2cc(F)cc(F)c2)sc1Br. The van der Waals surface area contributed by atoms with Crippen LogP contribution in [-0.4, -0.2) is 12.5 Å². The first-order chi connectivity index (χ1) is 9.45. The lowest BCUT2D eigenvalue weighted by Crippen LogP contribution is -2.24. The van der Waals surface area contributed by atoms with E-state index in [4.69, 9.17) is 0 Å². The van der Waals surface area contributed by atoms with Gasteiger partial charge < -0.3 is 5.32 Å². The summed E-state index contributed by atoms with van der Waals surface area (Å²) in [6.45, 7) is 2.24. The Hall–Kier alpha value is -1.27. The highest BCUT2D eigenvalue weighted by Crippen LogP contribution is 2.27. The smallest absolute Gasteiger partial charge is 0.261 e. The number of rotatable bonds is 4. The fourth-order valence-electron chi connectivity index (χ4n) is 1.73. The van der Waals surface area contributed by atoms with Crippen molar-refractivity contribution in [3.63, 3.8) is 0 Å². The van der Waals surface area contributed by atoms with Crippen LogP contribution in [0.2, 0.25) is 0 Å². The van der Waals surface area contributed by atoms with Gasteiger partial charge in [-0.15, -0.1) is 11.3 Å². The van der Waals surface area contributed by atoms with E-state index in [1.165, 1.54) is 23.5 Å². The van der Waals surface area contributed by atoms with Gasteiger partial charge in [-0.1, -0.05) is 0 Å². The largest absolute Gasteiger partial charge is 0.351 e. The number of carbonyl (C=O) groups is 1. The Morgan fingerprint density at radius 2 is 1.90 bits per heavy atom. The molecular weight excluding hydrogens is 348 g/mol. The second kappa shape index (κ2) is 6.45. The number of amides is 1. The summed E-state index contributed by atoms with van der Waals surface area (Å²) < 4.78 is 26.9. The van der Waals surface area contributed by atoms with E-state index in [-0.39, 0.29) is 5.91 Å². The number of carbonyl (C=O) groups excluding carboxylic acids is 1. The summed E-state index contributed by atoms with van der Waals surface area (Å²) in [4.78, 5) is 12.5. The third-order valence-electron chi connectivity index (χ3n) is 2.70. The molecule has 1 heterocycles. The van der Waals surface area contributed by atoms with Crippen LogP contribution < -0.4 is 5.32 Å². The molecule has 20 heavy (non-hydrogen) atoms. The van der Waals surface area contributed by atoms with Crippen molar-refractivity contribution in [3.8, 4) is 0 Å². The Kier molecular flexibility index (Phi) is 4.88. The maximum Gasteiger partial charge on any atom is 0.261 e. The average molecular weight is 360 g/mol. The lowest BCUT2D eigenvalue weighted by molar-refractivity contribution is 0.0958. The molecule has 0 fully saturated rings. The van der Waals surface area contributed by atoms with Crippen LogP contribution in [0.25, 0.3) is 0 Å². The molecule has 0 saturated carbocycles. The molecule has 0 unspecified atom stereocenters. The first-order valence-electron chi connectivity index (χ1n) is 5.95. The van der Waals surface area contributed by atoms with Crippen molar-refractivity contribution in [2.45, 2.75) is 13.3 Å². The Labute approximate surface area is 127 Å². The summed E-state index contributed by atoms with van der Waals surface area (Å²) in [6.07, 6.45) is 0.381. The molecule has 0 aliphatic rings. The van der Waals surface area contributed by atoms with Crippen LogP contribution in [0.5, 0.6) is 0 Å². The molecule has 0 aliphatic carbocycles. The Morgan fingerprint density at radius 3 is 2.45 bits per heavy atom. The highest BCUT2D eigenvalue weighted by Gasteiger charge is 2.10. The van der Waals surface area contributed by atoms with Gasteiger partial charge in [0.25, 0.3) is 5.91 Å². The molecule has 0 spiro atoms. The van der Waals surface area contributed by atoms with Gasteiger partial charge in [-0.2, -0.15) is 0 Å². The molecule has 0 aliphatic heterocycles. The van der Waals surface area contributed by atoms with Gasteiger partial charge in [-0.3, -0.25) is 4.79 Å². The normalized spacial score (nSPS) is 10.6. The fraction of sp³-hybridized carbons (Fsp3) is 0.214. The fourth-order valence-corrected chi connectivity index (χ4v) is 3.19. The lowest BCUT2D eigenvalue weighted by atomic mass is 10.1. The molecular formula is C14H12BrF2NOS. The molecule has 2 nitrogen and oxygen atoms in total. The number of aryl methyl sites for hydroxylation is 1. The van der Waals surface area contributed by atoms with Gasteiger partial charge in [0.1, 0.15) is 11.6 Å². The molecule has 0 atom stereocenters. The van der Waals surface area contributed by atoms with Gasteiger partial charge in [0.15, 0.2) is 0 Å². The van der Waals surface area contributed by atoms with Crippen LogP contribution in [0.1, 0.15) is 20.8 Å². The average Bonchev–Trinajstić information content (AvgIpc) is 2.68. The maximum atomic E-state index is 13.0. The van der Waals surface area contributed by atoms with Gasteiger partial charge >= 0.3 is 0 Å². The number of thiophene rings is 1. The van der Waals surface area contributed by atoms with E-state index >= 15 is 0 Å². The maximum absolute atomic E-state index is 13.0. The number of halogens is 3. The predicted molar refractivity (Wildman–Crippen MR) is 79.2 cm³/mol. The van der Waals surface area contributed by atoms with E-state index in [1.807, 2.05) is 6.92 Å². The van der Waals surface area contributed by atoms with E-state index < -0.39 is 11.6 Å². The van der Waals surface area contributed by atoms with Crippen LogP contribution >= 0.6 is 27.3 Å². The number of benzene rings is 1. The van der Waals surface area contributed by atoms with Crippen molar-refractivity contribution >= 4 is 33.2 Å².